The van der Waals surface area contributed by atoms with E-state index in [1.807, 2.05) is 0 Å². The lowest BCUT2D eigenvalue weighted by molar-refractivity contribution is -0.168. The van der Waals surface area contributed by atoms with Crippen LogP contribution in [0.3, 0.4) is 0 Å². The van der Waals surface area contributed by atoms with E-state index in [1.54, 1.807) is 13.0 Å². The van der Waals surface area contributed by atoms with Crippen molar-refractivity contribution in [1.29, 1.82) is 0 Å². The van der Waals surface area contributed by atoms with Crippen molar-refractivity contribution < 1.29 is 47.3 Å². The lowest BCUT2D eigenvalue weighted by atomic mass is 9.65. The number of aliphatic hydroxyl groups is 1. The van der Waals surface area contributed by atoms with Gasteiger partial charge in [0.05, 0.1) is 11.4 Å². The molecule has 1 saturated carbocycles. The Balaban J connectivity index is 1.64. The molecule has 3 aliphatic heterocycles. The average Bonchev–Trinajstić information content (AvgIpc) is 3.43. The number of hydrogen-bond acceptors (Lipinski definition) is 10. The molecule has 3 fully saturated rings. The number of carbonyl (C=O) groups excluding carboxylic acids is 3. The number of fused-ring (bicyclic) bond motifs is 4. The van der Waals surface area contributed by atoms with Crippen molar-refractivity contribution in [3.63, 3.8) is 0 Å². The number of ether oxygens (including phenoxy) is 4. The standard InChI is InChI=1S/C31H45BrO10Si/c1-14(2)43(15(3)4,16(5)6)42-21-10-19-18(21)12-24(38-17(7)33)31-27(41-31)23(40-29(31)36)13-30(8,32)26(34)22-11-20(25(19)39-22)28(35)37-9/h11,14-16,18-19,21,23-24,26-27,34H,10,12-13H2,1-9H3/t18-,19+,21+,23+,24-,26-,27+,30+,31+/m1/s1. The van der Waals surface area contributed by atoms with Gasteiger partial charge in [-0.25, -0.2) is 9.59 Å². The molecule has 4 aliphatic rings. The summed E-state index contributed by atoms with van der Waals surface area (Å²) in [7, 11) is -1.04. The van der Waals surface area contributed by atoms with E-state index >= 15 is 0 Å². The van der Waals surface area contributed by atoms with Gasteiger partial charge in [-0.05, 0) is 48.4 Å². The molecule has 4 heterocycles. The van der Waals surface area contributed by atoms with E-state index in [-0.39, 0.29) is 42.1 Å². The molecule has 1 aromatic rings. The second-order valence-electron chi connectivity index (χ2n) is 13.9. The van der Waals surface area contributed by atoms with Crippen molar-refractivity contribution in [3.05, 3.63) is 23.2 Å². The zero-order valence-corrected chi connectivity index (χ0v) is 29.1. The van der Waals surface area contributed by atoms with E-state index in [9.17, 15) is 19.5 Å². The fraction of sp³-hybridized carbons (Fsp3) is 0.774. The summed E-state index contributed by atoms with van der Waals surface area (Å²) >= 11 is 3.63. The van der Waals surface area contributed by atoms with Crippen molar-refractivity contribution in [2.75, 3.05) is 7.11 Å². The van der Waals surface area contributed by atoms with E-state index in [1.165, 1.54) is 14.0 Å². The summed E-state index contributed by atoms with van der Waals surface area (Å²) < 4.78 is 35.4. The molecule has 1 N–H and O–H groups in total. The van der Waals surface area contributed by atoms with Crippen LogP contribution in [0.2, 0.25) is 16.6 Å². The molecular formula is C31H45BrO10Si. The highest BCUT2D eigenvalue weighted by Gasteiger charge is 2.78. The van der Waals surface area contributed by atoms with Gasteiger partial charge in [-0.3, -0.25) is 4.79 Å². The maximum Gasteiger partial charge on any atom is 0.345 e. The molecule has 9 atom stereocenters. The van der Waals surface area contributed by atoms with Crippen LogP contribution in [-0.2, 0) is 33.0 Å². The van der Waals surface area contributed by atoms with E-state index in [0.29, 0.717) is 28.8 Å². The monoisotopic (exact) mass is 684 g/mol. The number of rotatable bonds is 7. The molecule has 0 aromatic carbocycles. The molecule has 43 heavy (non-hydrogen) atoms. The molecule has 240 valence electrons. The first-order chi connectivity index (χ1) is 20.0. The van der Waals surface area contributed by atoms with Crippen LogP contribution in [0.25, 0.3) is 0 Å². The molecule has 1 aliphatic carbocycles. The Labute approximate surface area is 262 Å². The van der Waals surface area contributed by atoms with E-state index in [4.69, 9.17) is 27.8 Å². The average molecular weight is 686 g/mol. The van der Waals surface area contributed by atoms with Crippen LogP contribution >= 0.6 is 15.9 Å². The van der Waals surface area contributed by atoms with Crippen molar-refractivity contribution >= 4 is 42.2 Å². The number of hydrogen-bond donors (Lipinski definition) is 1. The minimum absolute atomic E-state index is 0.187. The van der Waals surface area contributed by atoms with E-state index in [0.717, 1.165) is 0 Å². The number of epoxide rings is 1. The number of alkyl halides is 1. The summed E-state index contributed by atoms with van der Waals surface area (Å²) in [5.41, 5.74) is -0.191. The molecule has 1 aromatic heterocycles. The van der Waals surface area contributed by atoms with Crippen LogP contribution in [0.15, 0.2) is 10.5 Å². The van der Waals surface area contributed by atoms with Crippen LogP contribution in [-0.4, -0.2) is 72.8 Å². The maximum absolute atomic E-state index is 13.4. The molecule has 12 heteroatoms. The Hall–Kier alpha value is -1.73. The first-order valence-corrected chi connectivity index (χ1v) is 18.3. The zero-order valence-electron chi connectivity index (χ0n) is 26.5. The molecule has 0 spiro atoms. The lowest BCUT2D eigenvalue weighted by Crippen LogP contribution is -2.56. The second-order valence-corrected chi connectivity index (χ2v) is 21.1. The SMILES string of the molecule is COC(=O)c1cc2oc1[C@H]1C[C@H](O[Si](C(C)C)(C(C)C)C(C)C)[C@@H]1C[C@@H](OC(C)=O)[C@]13O[C@H]1[C@H](C[C@](C)(Br)[C@@H]2O)OC3=O. The van der Waals surface area contributed by atoms with E-state index in [2.05, 4.69) is 57.5 Å². The fourth-order valence-corrected chi connectivity index (χ4v) is 14.4. The maximum atomic E-state index is 13.4. The third-order valence-corrected chi connectivity index (χ3v) is 17.3. The number of esters is 3. The normalized spacial score (nSPS) is 37.0. The van der Waals surface area contributed by atoms with Gasteiger partial charge in [-0.15, -0.1) is 0 Å². The van der Waals surface area contributed by atoms with Crippen LogP contribution in [0.5, 0.6) is 0 Å². The molecule has 0 radical (unpaired) electrons. The highest BCUT2D eigenvalue weighted by atomic mass is 79.9. The molecule has 0 unspecified atom stereocenters. The van der Waals surface area contributed by atoms with Gasteiger partial charge < -0.3 is 32.9 Å². The Bertz CT molecular complexity index is 1250. The van der Waals surface area contributed by atoms with Crippen molar-refractivity contribution in [3.8, 4) is 0 Å². The van der Waals surface area contributed by atoms with Crippen molar-refractivity contribution in [1.82, 2.24) is 0 Å². The number of furan rings is 1. The second kappa shape index (κ2) is 11.3. The molecule has 5 rings (SSSR count). The van der Waals surface area contributed by atoms with Crippen molar-refractivity contribution in [2.24, 2.45) is 5.92 Å². The first-order valence-electron chi connectivity index (χ1n) is 15.3. The molecular weight excluding hydrogens is 640 g/mol. The first kappa shape index (κ1) is 32.7. The molecule has 0 amide bonds. The Morgan fingerprint density at radius 1 is 1.12 bits per heavy atom. The van der Waals surface area contributed by atoms with Gasteiger partial charge in [-0.1, -0.05) is 57.5 Å². The summed E-state index contributed by atoms with van der Waals surface area (Å²) in [6.45, 7) is 16.4. The third-order valence-electron chi connectivity index (χ3n) is 10.4. The Morgan fingerprint density at radius 2 is 1.74 bits per heavy atom. The summed E-state index contributed by atoms with van der Waals surface area (Å²) in [6, 6.07) is 1.54. The van der Waals surface area contributed by atoms with Gasteiger partial charge in [0, 0.05) is 25.4 Å². The number of methoxy groups -OCH3 is 1. The van der Waals surface area contributed by atoms with Crippen LogP contribution in [0, 0.1) is 5.92 Å². The van der Waals surface area contributed by atoms with Crippen LogP contribution in [0.1, 0.15) is 109 Å². The fourth-order valence-electron chi connectivity index (χ4n) is 8.27. The molecule has 4 bridgehead atoms. The lowest BCUT2D eigenvalue weighted by Gasteiger charge is -2.52. The van der Waals surface area contributed by atoms with Gasteiger partial charge in [0.25, 0.3) is 0 Å². The zero-order chi connectivity index (χ0) is 31.8. The van der Waals surface area contributed by atoms with Crippen molar-refractivity contribution in [2.45, 2.75) is 138 Å². The van der Waals surface area contributed by atoms with Gasteiger partial charge in [0.1, 0.15) is 41.5 Å². The number of aliphatic hydroxyl groups excluding tert-OH is 1. The Morgan fingerprint density at radius 3 is 2.28 bits per heavy atom. The number of halogens is 1. The van der Waals surface area contributed by atoms with Gasteiger partial charge in [0.2, 0.25) is 13.9 Å². The largest absolute Gasteiger partial charge is 0.465 e. The van der Waals surface area contributed by atoms with Gasteiger partial charge in [-0.2, -0.15) is 0 Å². The van der Waals surface area contributed by atoms with Gasteiger partial charge in [0.15, 0.2) is 0 Å². The molecule has 10 nitrogen and oxygen atoms in total. The topological polar surface area (TPSA) is 134 Å². The minimum atomic E-state index is -2.34. The predicted octanol–water partition coefficient (Wildman–Crippen LogP) is 5.71. The van der Waals surface area contributed by atoms with Gasteiger partial charge >= 0.3 is 17.9 Å². The van der Waals surface area contributed by atoms with Crippen LogP contribution in [0.4, 0.5) is 0 Å². The van der Waals surface area contributed by atoms with E-state index < -0.39 is 60.6 Å². The Kier molecular flexibility index (Phi) is 8.55. The minimum Gasteiger partial charge on any atom is -0.465 e. The third kappa shape index (κ3) is 5.12. The summed E-state index contributed by atoms with van der Waals surface area (Å²) in [5.74, 6) is -1.67. The van der Waals surface area contributed by atoms with Crippen LogP contribution < -0.4 is 0 Å². The highest BCUT2D eigenvalue weighted by Crippen LogP contribution is 2.59. The highest BCUT2D eigenvalue weighted by molar-refractivity contribution is 9.10. The number of carbonyl (C=O) groups is 3. The summed E-state index contributed by atoms with van der Waals surface area (Å²) in [6.07, 6.45) is -2.67. The quantitative estimate of drug-likeness (QED) is 0.125. The predicted molar refractivity (Wildman–Crippen MR) is 161 cm³/mol. The smallest absolute Gasteiger partial charge is 0.345 e. The summed E-state index contributed by atoms with van der Waals surface area (Å²) in [5, 5.41) is 11.5. The summed E-state index contributed by atoms with van der Waals surface area (Å²) in [4.78, 5) is 38.9. The molecule has 2 saturated heterocycles.